The predicted molar refractivity (Wildman–Crippen MR) is 116 cm³/mol. The molecule has 2 aromatic rings. The monoisotopic (exact) mass is 405 g/mol. The maximum Gasteiger partial charge on any atom is 0.267 e. The van der Waals surface area contributed by atoms with Crippen LogP contribution in [0.3, 0.4) is 0 Å². The number of carbonyl (C=O) groups excluding carboxylic acids is 1. The first-order valence-corrected chi connectivity index (χ1v) is 11.2. The number of likely N-dealkylation sites (tertiary alicyclic amines) is 1. The van der Waals surface area contributed by atoms with Crippen molar-refractivity contribution in [3.8, 4) is 0 Å². The van der Waals surface area contributed by atoms with Gasteiger partial charge in [0.25, 0.3) is 5.91 Å². The number of hydrogen-bond donors (Lipinski definition) is 1. The zero-order chi connectivity index (χ0) is 20.7. The summed E-state index contributed by atoms with van der Waals surface area (Å²) in [4.78, 5) is 18.6. The van der Waals surface area contributed by atoms with Crippen LogP contribution in [-0.2, 0) is 10.3 Å². The highest BCUT2D eigenvalue weighted by Crippen LogP contribution is 2.53. The summed E-state index contributed by atoms with van der Waals surface area (Å²) in [5, 5.41) is 0. The second kappa shape index (κ2) is 7.78. The van der Waals surface area contributed by atoms with Gasteiger partial charge in [-0.2, -0.15) is 0 Å². The van der Waals surface area contributed by atoms with Gasteiger partial charge in [-0.25, -0.2) is 0 Å². The standard InChI is InChI=1S/C25H31N3O2/c1-30-25(18-12-13-27-22(14-18)24(26)29)19-8-5-9-20(25)16-28(15-19)23-11-10-21(23)17-6-3-2-4-7-17/h2-4,6-7,12-14,19-21,23H,5,8-11,15-16H2,1H3,(H2,26,29)/t19-,20+,21-,23-,25-/m1/s1. The summed E-state index contributed by atoms with van der Waals surface area (Å²) < 4.78 is 6.35. The van der Waals surface area contributed by atoms with Crippen molar-refractivity contribution in [3.63, 3.8) is 0 Å². The van der Waals surface area contributed by atoms with Crippen molar-refractivity contribution in [3.05, 3.63) is 65.5 Å². The molecule has 3 fully saturated rings. The number of fused-ring (bicyclic) bond motifs is 2. The van der Waals surface area contributed by atoms with E-state index in [4.69, 9.17) is 10.5 Å². The van der Waals surface area contributed by atoms with Crippen molar-refractivity contribution in [2.24, 2.45) is 17.6 Å². The Balaban J connectivity index is 1.44. The summed E-state index contributed by atoms with van der Waals surface area (Å²) in [6.07, 6.45) is 7.81. The fourth-order valence-electron chi connectivity index (χ4n) is 6.48. The zero-order valence-corrected chi connectivity index (χ0v) is 17.7. The Kier molecular flexibility index (Phi) is 5.11. The van der Waals surface area contributed by atoms with Gasteiger partial charge in [-0.1, -0.05) is 36.8 Å². The summed E-state index contributed by atoms with van der Waals surface area (Å²) in [5.74, 6) is 0.987. The van der Waals surface area contributed by atoms with Gasteiger partial charge in [-0.3, -0.25) is 14.7 Å². The number of piperidine rings is 1. The summed E-state index contributed by atoms with van der Waals surface area (Å²) in [5.41, 5.74) is 8.03. The molecule has 2 heterocycles. The van der Waals surface area contributed by atoms with E-state index in [0.29, 0.717) is 29.5 Å². The van der Waals surface area contributed by atoms with Gasteiger partial charge in [0.2, 0.25) is 0 Å². The molecule has 158 valence electrons. The van der Waals surface area contributed by atoms with Crippen molar-refractivity contribution < 1.29 is 9.53 Å². The average molecular weight is 406 g/mol. The second-order valence-corrected chi connectivity index (χ2v) is 9.23. The predicted octanol–water partition coefficient (Wildman–Crippen LogP) is 3.70. The summed E-state index contributed by atoms with van der Waals surface area (Å²) in [6.45, 7) is 2.10. The van der Waals surface area contributed by atoms with Gasteiger partial charge >= 0.3 is 0 Å². The minimum atomic E-state index is -0.481. The molecule has 5 atom stereocenters. The van der Waals surface area contributed by atoms with E-state index in [0.717, 1.165) is 31.5 Å². The van der Waals surface area contributed by atoms with Crippen LogP contribution in [0.4, 0.5) is 0 Å². The molecule has 5 heteroatoms. The van der Waals surface area contributed by atoms with Crippen LogP contribution in [0, 0.1) is 11.8 Å². The SMILES string of the molecule is CO[C@]1(c2ccnc(C(N)=O)c2)[C@@H]2CCC[C@H]1CN([C@@H]1CC[C@@H]1c1ccccc1)C2. The highest BCUT2D eigenvalue weighted by molar-refractivity contribution is 5.90. The fraction of sp³-hybridized carbons (Fsp3) is 0.520. The summed E-state index contributed by atoms with van der Waals surface area (Å²) in [6, 6.07) is 15.5. The minimum Gasteiger partial charge on any atom is -0.373 e. The maximum atomic E-state index is 11.7. The van der Waals surface area contributed by atoms with Crippen LogP contribution < -0.4 is 5.73 Å². The molecule has 2 bridgehead atoms. The van der Waals surface area contributed by atoms with E-state index in [1.807, 2.05) is 19.2 Å². The van der Waals surface area contributed by atoms with Crippen LogP contribution in [-0.4, -0.2) is 42.0 Å². The Morgan fingerprint density at radius 1 is 1.10 bits per heavy atom. The van der Waals surface area contributed by atoms with Crippen molar-refractivity contribution in [1.29, 1.82) is 0 Å². The number of carbonyl (C=O) groups is 1. The first-order chi connectivity index (χ1) is 14.6. The molecule has 3 aliphatic rings. The Morgan fingerprint density at radius 3 is 2.43 bits per heavy atom. The van der Waals surface area contributed by atoms with Gasteiger partial charge in [0.1, 0.15) is 11.3 Å². The van der Waals surface area contributed by atoms with Crippen LogP contribution in [0.15, 0.2) is 48.7 Å². The lowest BCUT2D eigenvalue weighted by atomic mass is 9.61. The van der Waals surface area contributed by atoms with Crippen LogP contribution in [0.1, 0.15) is 59.6 Å². The molecule has 2 saturated carbocycles. The molecule has 1 aromatic heterocycles. The van der Waals surface area contributed by atoms with E-state index in [1.165, 1.54) is 24.8 Å². The zero-order valence-electron chi connectivity index (χ0n) is 17.7. The molecule has 1 aromatic carbocycles. The fourth-order valence-corrected chi connectivity index (χ4v) is 6.48. The van der Waals surface area contributed by atoms with Gasteiger partial charge in [-0.15, -0.1) is 0 Å². The van der Waals surface area contributed by atoms with Crippen LogP contribution >= 0.6 is 0 Å². The van der Waals surface area contributed by atoms with E-state index in [1.54, 1.807) is 6.20 Å². The number of benzene rings is 1. The highest BCUT2D eigenvalue weighted by atomic mass is 16.5. The number of nitrogens with two attached hydrogens (primary N) is 1. The van der Waals surface area contributed by atoms with Crippen molar-refractivity contribution in [2.45, 2.75) is 49.7 Å². The van der Waals surface area contributed by atoms with Crippen molar-refractivity contribution in [1.82, 2.24) is 9.88 Å². The summed E-state index contributed by atoms with van der Waals surface area (Å²) >= 11 is 0. The Hall–Kier alpha value is -2.24. The minimum absolute atomic E-state index is 0.326. The van der Waals surface area contributed by atoms with E-state index in [2.05, 4.69) is 40.2 Å². The quantitative estimate of drug-likeness (QED) is 0.824. The van der Waals surface area contributed by atoms with Crippen molar-refractivity contribution >= 4 is 5.91 Å². The molecule has 2 aliphatic carbocycles. The third kappa shape index (κ3) is 3.07. The van der Waals surface area contributed by atoms with Gasteiger partial charge in [-0.05, 0) is 54.9 Å². The maximum absolute atomic E-state index is 11.7. The highest BCUT2D eigenvalue weighted by Gasteiger charge is 2.55. The Bertz CT molecular complexity index is 902. The number of ether oxygens (including phenoxy) is 1. The first-order valence-electron chi connectivity index (χ1n) is 11.2. The van der Waals surface area contributed by atoms with Gasteiger partial charge < -0.3 is 10.5 Å². The lowest BCUT2D eigenvalue weighted by molar-refractivity contribution is -0.179. The molecule has 0 spiro atoms. The smallest absolute Gasteiger partial charge is 0.267 e. The van der Waals surface area contributed by atoms with Crippen LogP contribution in [0.2, 0.25) is 0 Å². The average Bonchev–Trinajstić information content (AvgIpc) is 2.73. The topological polar surface area (TPSA) is 68.5 Å². The number of primary amides is 1. The molecule has 0 radical (unpaired) electrons. The van der Waals surface area contributed by atoms with E-state index in [9.17, 15) is 4.79 Å². The molecule has 30 heavy (non-hydrogen) atoms. The number of aromatic nitrogens is 1. The molecule has 2 N–H and O–H groups in total. The molecule has 1 amide bonds. The molecular weight excluding hydrogens is 374 g/mol. The Morgan fingerprint density at radius 2 is 1.83 bits per heavy atom. The number of nitrogens with zero attached hydrogens (tertiary/aromatic N) is 2. The van der Waals surface area contributed by atoms with Gasteiger partial charge in [0.15, 0.2) is 0 Å². The van der Waals surface area contributed by atoms with Crippen LogP contribution in [0.25, 0.3) is 0 Å². The molecule has 0 unspecified atom stereocenters. The summed E-state index contributed by atoms with van der Waals surface area (Å²) in [7, 11) is 1.83. The molecule has 1 saturated heterocycles. The normalized spacial score (nSPS) is 33.6. The lowest BCUT2D eigenvalue weighted by Gasteiger charge is -2.58. The molecule has 1 aliphatic heterocycles. The number of rotatable bonds is 5. The molecular formula is C25H31N3O2. The Labute approximate surface area is 178 Å². The molecule has 5 nitrogen and oxygen atoms in total. The van der Waals surface area contributed by atoms with E-state index >= 15 is 0 Å². The van der Waals surface area contributed by atoms with Gasteiger partial charge in [0.05, 0.1) is 0 Å². The molecule has 5 rings (SSSR count). The van der Waals surface area contributed by atoms with Crippen molar-refractivity contribution in [2.75, 3.05) is 20.2 Å². The third-order valence-corrected chi connectivity index (χ3v) is 7.96. The van der Waals surface area contributed by atoms with Gasteiger partial charge in [0, 0.05) is 44.3 Å². The number of hydrogen-bond acceptors (Lipinski definition) is 4. The lowest BCUT2D eigenvalue weighted by Crippen LogP contribution is -2.62. The number of amides is 1. The number of methoxy groups -OCH3 is 1. The van der Waals surface area contributed by atoms with E-state index < -0.39 is 5.91 Å². The largest absolute Gasteiger partial charge is 0.373 e. The van der Waals surface area contributed by atoms with Crippen LogP contribution in [0.5, 0.6) is 0 Å². The number of pyridine rings is 1. The second-order valence-electron chi connectivity index (χ2n) is 9.23. The third-order valence-electron chi connectivity index (χ3n) is 7.96. The first kappa shape index (κ1) is 19.7. The van der Waals surface area contributed by atoms with E-state index in [-0.39, 0.29) is 5.60 Å².